The van der Waals surface area contributed by atoms with Crippen LogP contribution in [-0.2, 0) is 28.6 Å². The average molecular weight is 917 g/mol. The van der Waals surface area contributed by atoms with Crippen molar-refractivity contribution in [1.82, 2.24) is 0 Å². The standard InChI is InChI=1S/C60H100O6/c1-4-7-10-13-16-19-22-25-27-29-31-32-35-38-41-44-47-50-53-59(62)65-56-57(55-64-58(61)52-49-46-43-40-37-34-24-21-18-15-12-9-6-3)66-60(63)54-51-48-45-42-39-36-33-30-28-26-23-20-17-14-11-8-5-2/h9,12,15,18,21-22,24-29,31-32,34,37,57H,4-8,10-11,13-14,16-17,19-20,23,30,33,35-36,38-56H2,1-3H3/b12-9+,18-15+,24-21+,25-22+,28-26+,29-27+,32-31+,37-34+. The Morgan fingerprint density at radius 1 is 0.318 bits per heavy atom. The predicted octanol–water partition coefficient (Wildman–Crippen LogP) is 18.1. The van der Waals surface area contributed by atoms with Crippen LogP contribution in [0.3, 0.4) is 0 Å². The van der Waals surface area contributed by atoms with Crippen LogP contribution in [0.5, 0.6) is 0 Å². The zero-order valence-corrected chi connectivity index (χ0v) is 42.9. The van der Waals surface area contributed by atoms with Crippen LogP contribution in [0.4, 0.5) is 0 Å². The number of carbonyl (C=O) groups is 3. The number of carbonyl (C=O) groups excluding carboxylic acids is 3. The molecule has 0 aliphatic rings. The average Bonchev–Trinajstić information content (AvgIpc) is 3.31. The van der Waals surface area contributed by atoms with Crippen molar-refractivity contribution in [3.63, 3.8) is 0 Å². The molecule has 0 heterocycles. The summed E-state index contributed by atoms with van der Waals surface area (Å²) in [4.78, 5) is 38.1. The second-order valence-electron chi connectivity index (χ2n) is 17.9. The largest absolute Gasteiger partial charge is 0.462 e. The minimum atomic E-state index is -0.805. The van der Waals surface area contributed by atoms with Crippen molar-refractivity contribution in [3.8, 4) is 0 Å². The van der Waals surface area contributed by atoms with Crippen LogP contribution in [0.25, 0.3) is 0 Å². The topological polar surface area (TPSA) is 78.9 Å². The van der Waals surface area contributed by atoms with Gasteiger partial charge in [0.05, 0.1) is 0 Å². The van der Waals surface area contributed by atoms with E-state index in [0.29, 0.717) is 19.3 Å². The third-order valence-corrected chi connectivity index (χ3v) is 11.4. The molecule has 66 heavy (non-hydrogen) atoms. The Morgan fingerprint density at radius 3 is 0.985 bits per heavy atom. The number of ether oxygens (including phenoxy) is 3. The molecule has 0 bridgehead atoms. The fourth-order valence-corrected chi connectivity index (χ4v) is 7.33. The van der Waals surface area contributed by atoms with E-state index in [1.165, 1.54) is 109 Å². The summed E-state index contributed by atoms with van der Waals surface area (Å²) < 4.78 is 16.8. The van der Waals surface area contributed by atoms with E-state index in [2.05, 4.69) is 81.5 Å². The number of unbranched alkanes of at least 4 members (excludes halogenated alkanes) is 26. The van der Waals surface area contributed by atoms with Gasteiger partial charge >= 0.3 is 17.9 Å². The van der Waals surface area contributed by atoms with Gasteiger partial charge in [-0.25, -0.2) is 0 Å². The molecule has 0 radical (unpaired) electrons. The highest BCUT2D eigenvalue weighted by Crippen LogP contribution is 2.14. The van der Waals surface area contributed by atoms with Crippen LogP contribution in [-0.4, -0.2) is 37.2 Å². The molecule has 1 atom stereocenters. The SMILES string of the molecule is CC/C=C/C=C/C=C/C=C/CCCCCC(=O)OCC(COC(=O)CCCCCCC/C=C/C=C/C=C/CCCCCCC)OC(=O)CCCCCCCCC/C=C/CCCCCCCC. The second kappa shape index (κ2) is 53.9. The van der Waals surface area contributed by atoms with Crippen LogP contribution in [0.15, 0.2) is 97.2 Å². The molecule has 0 aromatic rings. The Balaban J connectivity index is 4.48. The smallest absolute Gasteiger partial charge is 0.306 e. The van der Waals surface area contributed by atoms with E-state index in [9.17, 15) is 14.4 Å². The molecule has 0 amide bonds. The third kappa shape index (κ3) is 51.3. The van der Waals surface area contributed by atoms with Gasteiger partial charge in [0.15, 0.2) is 6.10 Å². The molecule has 0 aromatic carbocycles. The van der Waals surface area contributed by atoms with Crippen molar-refractivity contribution in [3.05, 3.63) is 97.2 Å². The molecule has 0 aliphatic heterocycles. The van der Waals surface area contributed by atoms with Gasteiger partial charge in [-0.15, -0.1) is 0 Å². The first kappa shape index (κ1) is 62.3. The number of hydrogen-bond donors (Lipinski definition) is 0. The number of rotatable bonds is 48. The Kier molecular flexibility index (Phi) is 50.9. The summed E-state index contributed by atoms with van der Waals surface area (Å²) in [6.45, 7) is 6.42. The first-order valence-electron chi connectivity index (χ1n) is 27.3. The van der Waals surface area contributed by atoms with E-state index in [1.54, 1.807) is 0 Å². The molecule has 0 aliphatic carbocycles. The monoisotopic (exact) mass is 917 g/mol. The maximum Gasteiger partial charge on any atom is 0.306 e. The van der Waals surface area contributed by atoms with Crippen molar-refractivity contribution in [2.45, 2.75) is 252 Å². The van der Waals surface area contributed by atoms with Crippen LogP contribution in [0.2, 0.25) is 0 Å². The zero-order valence-electron chi connectivity index (χ0n) is 42.9. The number of hydrogen-bond acceptors (Lipinski definition) is 6. The second-order valence-corrected chi connectivity index (χ2v) is 17.9. The summed E-state index contributed by atoms with van der Waals surface area (Å²) in [7, 11) is 0. The molecule has 0 N–H and O–H groups in total. The van der Waals surface area contributed by atoms with Gasteiger partial charge in [0.2, 0.25) is 0 Å². The van der Waals surface area contributed by atoms with Crippen LogP contribution < -0.4 is 0 Å². The van der Waals surface area contributed by atoms with Gasteiger partial charge in [0, 0.05) is 19.3 Å². The van der Waals surface area contributed by atoms with Crippen LogP contribution in [0, 0.1) is 0 Å². The van der Waals surface area contributed by atoms with E-state index >= 15 is 0 Å². The summed E-state index contributed by atoms with van der Waals surface area (Å²) >= 11 is 0. The lowest BCUT2D eigenvalue weighted by Crippen LogP contribution is -2.30. The lowest BCUT2D eigenvalue weighted by molar-refractivity contribution is -0.167. The quantitative estimate of drug-likeness (QED) is 0.0199. The first-order chi connectivity index (χ1) is 32.5. The fraction of sp³-hybridized carbons (Fsp3) is 0.683. The molecular formula is C60H100O6. The zero-order chi connectivity index (χ0) is 47.9. The van der Waals surface area contributed by atoms with Gasteiger partial charge in [0.1, 0.15) is 13.2 Å². The van der Waals surface area contributed by atoms with E-state index in [-0.39, 0.29) is 31.1 Å². The molecule has 376 valence electrons. The summed E-state index contributed by atoms with van der Waals surface area (Å²) in [6, 6.07) is 0. The lowest BCUT2D eigenvalue weighted by atomic mass is 10.1. The van der Waals surface area contributed by atoms with E-state index in [4.69, 9.17) is 14.2 Å². The van der Waals surface area contributed by atoms with E-state index in [0.717, 1.165) is 96.3 Å². The summed E-state index contributed by atoms with van der Waals surface area (Å²) in [5.41, 5.74) is 0. The highest BCUT2D eigenvalue weighted by atomic mass is 16.6. The Bertz CT molecular complexity index is 1330. The Hall–Kier alpha value is -3.67. The molecule has 0 saturated carbocycles. The van der Waals surface area contributed by atoms with E-state index in [1.807, 2.05) is 36.5 Å². The number of allylic oxidation sites excluding steroid dienone is 16. The van der Waals surface area contributed by atoms with Crippen molar-refractivity contribution < 1.29 is 28.6 Å². The van der Waals surface area contributed by atoms with Crippen molar-refractivity contribution in [1.29, 1.82) is 0 Å². The first-order valence-corrected chi connectivity index (χ1v) is 27.3. The van der Waals surface area contributed by atoms with Crippen LogP contribution >= 0.6 is 0 Å². The lowest BCUT2D eigenvalue weighted by Gasteiger charge is -2.18. The molecule has 0 saturated heterocycles. The molecular weight excluding hydrogens is 817 g/mol. The van der Waals surface area contributed by atoms with Gasteiger partial charge < -0.3 is 14.2 Å². The Labute approximate surface area is 407 Å². The van der Waals surface area contributed by atoms with E-state index < -0.39 is 6.10 Å². The van der Waals surface area contributed by atoms with Crippen molar-refractivity contribution in [2.24, 2.45) is 0 Å². The third-order valence-electron chi connectivity index (χ3n) is 11.4. The maximum absolute atomic E-state index is 12.8. The van der Waals surface area contributed by atoms with Crippen LogP contribution in [0.1, 0.15) is 245 Å². The molecule has 0 rings (SSSR count). The van der Waals surface area contributed by atoms with Gasteiger partial charge in [-0.05, 0) is 89.9 Å². The Morgan fingerprint density at radius 2 is 0.606 bits per heavy atom. The van der Waals surface area contributed by atoms with Gasteiger partial charge in [-0.3, -0.25) is 14.4 Å². The fourth-order valence-electron chi connectivity index (χ4n) is 7.33. The molecule has 0 fully saturated rings. The van der Waals surface area contributed by atoms with Gasteiger partial charge in [-0.1, -0.05) is 234 Å². The summed E-state index contributed by atoms with van der Waals surface area (Å²) in [5, 5.41) is 0. The predicted molar refractivity (Wildman–Crippen MR) is 284 cm³/mol. The van der Waals surface area contributed by atoms with Crippen molar-refractivity contribution >= 4 is 17.9 Å². The van der Waals surface area contributed by atoms with Crippen molar-refractivity contribution in [2.75, 3.05) is 13.2 Å². The highest BCUT2D eigenvalue weighted by molar-refractivity contribution is 5.71. The molecule has 1 unspecified atom stereocenters. The molecule has 0 aromatic heterocycles. The highest BCUT2D eigenvalue weighted by Gasteiger charge is 2.19. The maximum atomic E-state index is 12.8. The van der Waals surface area contributed by atoms with Gasteiger partial charge in [0.25, 0.3) is 0 Å². The van der Waals surface area contributed by atoms with Gasteiger partial charge in [-0.2, -0.15) is 0 Å². The normalized spacial score (nSPS) is 12.8. The molecule has 0 spiro atoms. The molecule has 6 nitrogen and oxygen atoms in total. The summed E-state index contributed by atoms with van der Waals surface area (Å²) in [6.07, 6.45) is 71.0. The summed E-state index contributed by atoms with van der Waals surface area (Å²) in [5.74, 6) is -0.966. The minimum Gasteiger partial charge on any atom is -0.462 e. The molecule has 6 heteroatoms. The number of esters is 3. The minimum absolute atomic E-state index is 0.103.